The summed E-state index contributed by atoms with van der Waals surface area (Å²) in [4.78, 5) is 4.14. The molecule has 1 heterocycles. The maximum atomic E-state index is 5.80. The largest absolute Gasteiger partial charge is 0.399 e. The van der Waals surface area contributed by atoms with Gasteiger partial charge >= 0.3 is 0 Å². The minimum absolute atomic E-state index is 0.165. The molecule has 15 heavy (non-hydrogen) atoms. The van der Waals surface area contributed by atoms with Crippen molar-refractivity contribution < 1.29 is 0 Å². The molecule has 5 heteroatoms. The Kier molecular flexibility index (Phi) is 4.11. The SMILES string of the molecule is CSC(C)(C)CNc1cc(N)cc(Cl)n1. The second-order valence-electron chi connectivity index (χ2n) is 3.93. The molecule has 0 radical (unpaired) electrons. The number of hydrogen-bond donors (Lipinski definition) is 2. The molecule has 0 aromatic carbocycles. The van der Waals surface area contributed by atoms with Crippen LogP contribution in [0.2, 0.25) is 5.15 Å². The molecule has 1 aromatic heterocycles. The molecular formula is C10H16ClN3S. The fraction of sp³-hybridized carbons (Fsp3) is 0.500. The number of nitrogens with two attached hydrogens (primary N) is 1. The van der Waals surface area contributed by atoms with Gasteiger partial charge in [-0.15, -0.1) is 0 Å². The zero-order valence-electron chi connectivity index (χ0n) is 9.17. The van der Waals surface area contributed by atoms with Gasteiger partial charge in [0.25, 0.3) is 0 Å². The molecule has 3 nitrogen and oxygen atoms in total. The molecule has 0 unspecified atom stereocenters. The van der Waals surface area contributed by atoms with Crippen LogP contribution in [0.25, 0.3) is 0 Å². The van der Waals surface area contributed by atoms with E-state index in [9.17, 15) is 0 Å². The van der Waals surface area contributed by atoms with Crippen LogP contribution < -0.4 is 11.1 Å². The van der Waals surface area contributed by atoms with Crippen molar-refractivity contribution in [2.45, 2.75) is 18.6 Å². The molecule has 0 saturated heterocycles. The lowest BCUT2D eigenvalue weighted by atomic mass is 10.2. The summed E-state index contributed by atoms with van der Waals surface area (Å²) >= 11 is 7.60. The van der Waals surface area contributed by atoms with Crippen LogP contribution in [0.1, 0.15) is 13.8 Å². The van der Waals surface area contributed by atoms with Gasteiger partial charge in [-0.05, 0) is 26.2 Å². The van der Waals surface area contributed by atoms with Crippen molar-refractivity contribution in [1.82, 2.24) is 4.98 Å². The molecule has 0 aliphatic rings. The molecule has 0 bridgehead atoms. The van der Waals surface area contributed by atoms with Gasteiger partial charge in [-0.25, -0.2) is 4.98 Å². The van der Waals surface area contributed by atoms with Crippen LogP contribution in [0.5, 0.6) is 0 Å². The number of aromatic nitrogens is 1. The zero-order chi connectivity index (χ0) is 11.5. The van der Waals surface area contributed by atoms with Crippen LogP contribution in [0.15, 0.2) is 12.1 Å². The number of anilines is 2. The Labute approximate surface area is 99.8 Å². The number of halogens is 1. The van der Waals surface area contributed by atoms with Gasteiger partial charge in [0.1, 0.15) is 11.0 Å². The minimum Gasteiger partial charge on any atom is -0.399 e. The molecule has 1 rings (SSSR count). The molecule has 3 N–H and O–H groups in total. The summed E-state index contributed by atoms with van der Waals surface area (Å²) in [5.74, 6) is 0.724. The van der Waals surface area contributed by atoms with Crippen molar-refractivity contribution >= 4 is 34.9 Å². The van der Waals surface area contributed by atoms with E-state index in [4.69, 9.17) is 17.3 Å². The minimum atomic E-state index is 0.165. The van der Waals surface area contributed by atoms with E-state index in [1.165, 1.54) is 0 Å². The third kappa shape index (κ3) is 4.18. The Hall–Kier alpha value is -0.610. The molecular weight excluding hydrogens is 230 g/mol. The van der Waals surface area contributed by atoms with Crippen LogP contribution in [-0.2, 0) is 0 Å². The third-order valence-corrected chi connectivity index (χ3v) is 3.51. The topological polar surface area (TPSA) is 50.9 Å². The summed E-state index contributed by atoms with van der Waals surface area (Å²) in [6.07, 6.45) is 2.08. The van der Waals surface area contributed by atoms with E-state index in [-0.39, 0.29) is 4.75 Å². The van der Waals surface area contributed by atoms with Crippen molar-refractivity contribution in [3.63, 3.8) is 0 Å². The van der Waals surface area contributed by atoms with Crippen molar-refractivity contribution in [3.8, 4) is 0 Å². The number of thioether (sulfide) groups is 1. The maximum absolute atomic E-state index is 5.80. The van der Waals surface area contributed by atoms with Gasteiger partial charge in [0.2, 0.25) is 0 Å². The summed E-state index contributed by atoms with van der Waals surface area (Å²) in [7, 11) is 0. The van der Waals surface area contributed by atoms with Gasteiger partial charge in [0.15, 0.2) is 0 Å². The first-order chi connectivity index (χ1) is 6.93. The lowest BCUT2D eigenvalue weighted by Gasteiger charge is -2.22. The number of nitrogens with zero attached hydrogens (tertiary/aromatic N) is 1. The molecule has 0 spiro atoms. The van der Waals surface area contributed by atoms with Gasteiger partial charge < -0.3 is 11.1 Å². The Morgan fingerprint density at radius 2 is 2.20 bits per heavy atom. The lowest BCUT2D eigenvalue weighted by molar-refractivity contribution is 0.750. The summed E-state index contributed by atoms with van der Waals surface area (Å²) in [5.41, 5.74) is 6.29. The number of hydrogen-bond acceptors (Lipinski definition) is 4. The predicted octanol–water partition coefficient (Wildman–Crippen LogP) is 2.87. The summed E-state index contributed by atoms with van der Waals surface area (Å²) in [5, 5.41) is 3.64. The predicted molar refractivity (Wildman–Crippen MR) is 69.7 cm³/mol. The smallest absolute Gasteiger partial charge is 0.133 e. The van der Waals surface area contributed by atoms with Crippen LogP contribution >= 0.6 is 23.4 Å². The number of nitrogens with one attached hydrogen (secondary N) is 1. The molecule has 0 aliphatic carbocycles. The van der Waals surface area contributed by atoms with Crippen LogP contribution in [0.4, 0.5) is 11.5 Å². The van der Waals surface area contributed by atoms with E-state index in [0.29, 0.717) is 10.8 Å². The van der Waals surface area contributed by atoms with E-state index < -0.39 is 0 Å². The lowest BCUT2D eigenvalue weighted by Crippen LogP contribution is -2.26. The highest BCUT2D eigenvalue weighted by Gasteiger charge is 2.15. The van der Waals surface area contributed by atoms with Gasteiger partial charge in [-0.2, -0.15) is 11.8 Å². The number of rotatable bonds is 4. The Morgan fingerprint density at radius 1 is 1.53 bits per heavy atom. The van der Waals surface area contributed by atoms with Crippen molar-refractivity contribution in [3.05, 3.63) is 17.3 Å². The zero-order valence-corrected chi connectivity index (χ0v) is 10.7. The fourth-order valence-electron chi connectivity index (χ4n) is 0.983. The fourth-order valence-corrected chi connectivity index (χ4v) is 1.42. The maximum Gasteiger partial charge on any atom is 0.133 e. The highest BCUT2D eigenvalue weighted by Crippen LogP contribution is 2.22. The van der Waals surface area contributed by atoms with Gasteiger partial charge in [0.05, 0.1) is 0 Å². The second-order valence-corrected chi connectivity index (χ2v) is 5.83. The van der Waals surface area contributed by atoms with Gasteiger partial charge in [-0.3, -0.25) is 0 Å². The number of pyridine rings is 1. The molecule has 0 aliphatic heterocycles. The first kappa shape index (κ1) is 12.5. The van der Waals surface area contributed by atoms with Crippen LogP contribution in [0.3, 0.4) is 0 Å². The molecule has 0 fully saturated rings. The number of nitrogen functional groups attached to an aromatic ring is 1. The van der Waals surface area contributed by atoms with E-state index in [2.05, 4.69) is 30.4 Å². The average Bonchev–Trinajstić information content (AvgIpc) is 2.14. The Balaban J connectivity index is 2.65. The molecule has 0 atom stereocenters. The first-order valence-electron chi connectivity index (χ1n) is 4.65. The summed E-state index contributed by atoms with van der Waals surface area (Å²) < 4.78 is 0.165. The van der Waals surface area contributed by atoms with E-state index >= 15 is 0 Å². The standard InChI is InChI=1S/C10H16ClN3S/c1-10(2,15-3)6-13-9-5-7(12)4-8(11)14-9/h4-5H,6H2,1-3H3,(H3,12,13,14). The third-order valence-electron chi connectivity index (χ3n) is 2.06. The Bertz CT molecular complexity index is 321. The van der Waals surface area contributed by atoms with E-state index in [1.807, 2.05) is 0 Å². The van der Waals surface area contributed by atoms with Gasteiger partial charge in [-0.1, -0.05) is 11.6 Å². The summed E-state index contributed by atoms with van der Waals surface area (Å²) in [6, 6.07) is 3.41. The van der Waals surface area contributed by atoms with E-state index in [1.54, 1.807) is 23.9 Å². The Morgan fingerprint density at radius 3 is 2.73 bits per heavy atom. The quantitative estimate of drug-likeness (QED) is 0.801. The average molecular weight is 246 g/mol. The highest BCUT2D eigenvalue weighted by atomic mass is 35.5. The highest BCUT2D eigenvalue weighted by molar-refractivity contribution is 7.99. The monoisotopic (exact) mass is 245 g/mol. The molecule has 84 valence electrons. The molecule has 0 amide bonds. The summed E-state index contributed by atoms with van der Waals surface area (Å²) in [6.45, 7) is 5.15. The van der Waals surface area contributed by atoms with Crippen molar-refractivity contribution in [2.75, 3.05) is 23.9 Å². The normalized spacial score (nSPS) is 11.5. The van der Waals surface area contributed by atoms with Crippen molar-refractivity contribution in [1.29, 1.82) is 0 Å². The molecule has 0 saturated carbocycles. The van der Waals surface area contributed by atoms with Crippen LogP contribution in [-0.4, -0.2) is 22.5 Å². The van der Waals surface area contributed by atoms with Gasteiger partial charge in [0, 0.05) is 23.0 Å². The second kappa shape index (κ2) is 4.94. The van der Waals surface area contributed by atoms with Crippen molar-refractivity contribution in [2.24, 2.45) is 0 Å². The van der Waals surface area contributed by atoms with Crippen LogP contribution in [0, 0.1) is 0 Å². The van der Waals surface area contributed by atoms with E-state index in [0.717, 1.165) is 12.4 Å². The molecule has 1 aromatic rings. The first-order valence-corrected chi connectivity index (χ1v) is 6.25.